The summed E-state index contributed by atoms with van der Waals surface area (Å²) < 4.78 is 10.8. The van der Waals surface area contributed by atoms with E-state index >= 15 is 0 Å². The summed E-state index contributed by atoms with van der Waals surface area (Å²) in [5.74, 6) is 0.901. The third-order valence-corrected chi connectivity index (χ3v) is 4.58. The quantitative estimate of drug-likeness (QED) is 0.762. The lowest BCUT2D eigenvalue weighted by molar-refractivity contribution is -0.0773. The lowest BCUT2D eigenvalue weighted by Gasteiger charge is -2.42. The Morgan fingerprint density at radius 3 is 2.29 bits per heavy atom. The van der Waals surface area contributed by atoms with Gasteiger partial charge < -0.3 is 9.47 Å². The number of hydrogen-bond acceptors (Lipinski definition) is 2. The molecule has 1 aromatic rings. The van der Waals surface area contributed by atoms with Crippen LogP contribution in [-0.4, -0.2) is 19.8 Å². The summed E-state index contributed by atoms with van der Waals surface area (Å²) in [4.78, 5) is 0.355. The van der Waals surface area contributed by atoms with E-state index in [0.717, 1.165) is 12.2 Å². The first kappa shape index (κ1) is 12.9. The number of methoxy groups -OCH3 is 2. The molecule has 1 aliphatic rings. The van der Waals surface area contributed by atoms with Gasteiger partial charge in [-0.1, -0.05) is 28.1 Å². The van der Waals surface area contributed by atoms with Crippen molar-refractivity contribution in [1.29, 1.82) is 0 Å². The fraction of sp³-hybridized carbons (Fsp3) is 0.571. The van der Waals surface area contributed by atoms with E-state index < -0.39 is 0 Å². The fourth-order valence-corrected chi connectivity index (χ4v) is 3.22. The molecule has 1 aliphatic carbocycles. The molecule has 2 nitrogen and oxygen atoms in total. The van der Waals surface area contributed by atoms with Crippen molar-refractivity contribution in [2.75, 3.05) is 14.2 Å². The maximum absolute atomic E-state index is 5.66. The van der Waals surface area contributed by atoms with Crippen LogP contribution in [0.2, 0.25) is 0 Å². The van der Waals surface area contributed by atoms with Crippen LogP contribution in [0.15, 0.2) is 24.3 Å². The molecular formula is C14H19BrO2. The van der Waals surface area contributed by atoms with Crippen LogP contribution in [0.4, 0.5) is 0 Å². The molecule has 0 aliphatic heterocycles. The highest BCUT2D eigenvalue weighted by Gasteiger charge is 2.38. The van der Waals surface area contributed by atoms with Crippen LogP contribution in [-0.2, 0) is 4.74 Å². The molecule has 0 heterocycles. The van der Waals surface area contributed by atoms with Crippen LogP contribution < -0.4 is 4.74 Å². The average Bonchev–Trinajstić information content (AvgIpc) is 2.33. The highest BCUT2D eigenvalue weighted by molar-refractivity contribution is 9.09. The van der Waals surface area contributed by atoms with E-state index in [4.69, 9.17) is 9.47 Å². The van der Waals surface area contributed by atoms with Crippen LogP contribution in [0, 0.1) is 0 Å². The number of rotatable bonds is 5. The van der Waals surface area contributed by atoms with Gasteiger partial charge in [0, 0.05) is 11.9 Å². The predicted octanol–water partition coefficient (Wildman–Crippen LogP) is 4.09. The highest BCUT2D eigenvalue weighted by Crippen LogP contribution is 2.44. The van der Waals surface area contributed by atoms with Gasteiger partial charge in [0.1, 0.15) is 5.75 Å². The molecule has 1 saturated carbocycles. The molecule has 17 heavy (non-hydrogen) atoms. The van der Waals surface area contributed by atoms with Crippen molar-refractivity contribution in [2.24, 2.45) is 0 Å². The normalized spacial score (nSPS) is 19.5. The largest absolute Gasteiger partial charge is 0.497 e. The fourth-order valence-electron chi connectivity index (χ4n) is 2.32. The first-order valence-electron chi connectivity index (χ1n) is 6.02. The number of alkyl halides is 1. The molecule has 0 aromatic heterocycles. The standard InChI is InChI=1S/C14H19BrO2/c1-16-12-6-4-11(5-7-12)13(15)10-14(17-2)8-3-9-14/h4-7,13H,3,8-10H2,1-2H3. The van der Waals surface area contributed by atoms with Crippen molar-refractivity contribution in [3.63, 3.8) is 0 Å². The Morgan fingerprint density at radius 2 is 1.88 bits per heavy atom. The molecule has 94 valence electrons. The Kier molecular flexibility index (Phi) is 4.10. The SMILES string of the molecule is COc1ccc(C(Br)CC2(OC)CCC2)cc1. The van der Waals surface area contributed by atoms with Crippen LogP contribution in [0.1, 0.15) is 36.1 Å². The van der Waals surface area contributed by atoms with E-state index in [-0.39, 0.29) is 5.60 Å². The van der Waals surface area contributed by atoms with Crippen molar-refractivity contribution in [1.82, 2.24) is 0 Å². The average molecular weight is 299 g/mol. The Hall–Kier alpha value is -0.540. The predicted molar refractivity (Wildman–Crippen MR) is 72.9 cm³/mol. The maximum Gasteiger partial charge on any atom is 0.118 e. The molecule has 1 unspecified atom stereocenters. The second-order valence-electron chi connectivity index (χ2n) is 4.69. The van der Waals surface area contributed by atoms with Crippen molar-refractivity contribution < 1.29 is 9.47 Å². The Morgan fingerprint density at radius 1 is 1.24 bits per heavy atom. The van der Waals surface area contributed by atoms with Gasteiger partial charge in [-0.25, -0.2) is 0 Å². The van der Waals surface area contributed by atoms with E-state index in [9.17, 15) is 0 Å². The lowest BCUT2D eigenvalue weighted by atomic mass is 9.76. The summed E-state index contributed by atoms with van der Waals surface area (Å²) in [6, 6.07) is 8.23. The Labute approximate surface area is 111 Å². The zero-order chi connectivity index (χ0) is 12.3. The highest BCUT2D eigenvalue weighted by atomic mass is 79.9. The first-order chi connectivity index (χ1) is 8.19. The van der Waals surface area contributed by atoms with Gasteiger partial charge in [-0.2, -0.15) is 0 Å². The second kappa shape index (κ2) is 5.40. The van der Waals surface area contributed by atoms with E-state index in [2.05, 4.69) is 28.1 Å². The number of ether oxygens (including phenoxy) is 2. The van der Waals surface area contributed by atoms with Gasteiger partial charge in [-0.15, -0.1) is 0 Å². The van der Waals surface area contributed by atoms with E-state index in [1.54, 1.807) is 7.11 Å². The molecule has 0 radical (unpaired) electrons. The van der Waals surface area contributed by atoms with Crippen LogP contribution in [0.5, 0.6) is 5.75 Å². The van der Waals surface area contributed by atoms with Gasteiger partial charge >= 0.3 is 0 Å². The van der Waals surface area contributed by atoms with Crippen molar-refractivity contribution in [3.8, 4) is 5.75 Å². The third kappa shape index (κ3) is 2.83. The minimum atomic E-state index is 0.105. The second-order valence-corrected chi connectivity index (χ2v) is 5.79. The molecule has 0 spiro atoms. The summed E-state index contributed by atoms with van der Waals surface area (Å²) in [5, 5.41) is 0. The number of halogens is 1. The summed E-state index contributed by atoms with van der Waals surface area (Å²) >= 11 is 3.76. The van der Waals surface area contributed by atoms with E-state index in [1.165, 1.54) is 24.8 Å². The van der Waals surface area contributed by atoms with Crippen LogP contribution >= 0.6 is 15.9 Å². The molecule has 0 bridgehead atoms. The van der Waals surface area contributed by atoms with Crippen molar-refractivity contribution >= 4 is 15.9 Å². The van der Waals surface area contributed by atoms with Gasteiger partial charge in [0.2, 0.25) is 0 Å². The monoisotopic (exact) mass is 298 g/mol. The third-order valence-electron chi connectivity index (χ3n) is 3.73. The van der Waals surface area contributed by atoms with Gasteiger partial charge in [0.25, 0.3) is 0 Å². The topological polar surface area (TPSA) is 18.5 Å². The van der Waals surface area contributed by atoms with Gasteiger partial charge in [0.05, 0.1) is 12.7 Å². The van der Waals surface area contributed by atoms with Crippen molar-refractivity contribution in [3.05, 3.63) is 29.8 Å². The molecule has 0 saturated heterocycles. The van der Waals surface area contributed by atoms with Gasteiger partial charge in [-0.3, -0.25) is 0 Å². The molecule has 0 amide bonds. The first-order valence-corrected chi connectivity index (χ1v) is 6.94. The molecule has 2 rings (SSSR count). The smallest absolute Gasteiger partial charge is 0.118 e. The minimum Gasteiger partial charge on any atom is -0.497 e. The maximum atomic E-state index is 5.66. The van der Waals surface area contributed by atoms with E-state index in [0.29, 0.717) is 4.83 Å². The Balaban J connectivity index is 2.01. The van der Waals surface area contributed by atoms with Crippen molar-refractivity contribution in [2.45, 2.75) is 36.1 Å². The summed E-state index contributed by atoms with van der Waals surface area (Å²) in [6.45, 7) is 0. The van der Waals surface area contributed by atoms with E-state index in [1.807, 2.05) is 19.2 Å². The zero-order valence-electron chi connectivity index (χ0n) is 10.4. The summed E-state index contributed by atoms with van der Waals surface area (Å²) in [6.07, 6.45) is 4.69. The van der Waals surface area contributed by atoms with Crippen LogP contribution in [0.25, 0.3) is 0 Å². The molecular weight excluding hydrogens is 280 g/mol. The number of benzene rings is 1. The van der Waals surface area contributed by atoms with Gasteiger partial charge in [0.15, 0.2) is 0 Å². The molecule has 3 heteroatoms. The molecule has 1 atom stereocenters. The summed E-state index contributed by atoms with van der Waals surface area (Å²) in [7, 11) is 3.52. The van der Waals surface area contributed by atoms with Crippen LogP contribution in [0.3, 0.4) is 0 Å². The Bertz CT molecular complexity index is 351. The minimum absolute atomic E-state index is 0.105. The zero-order valence-corrected chi connectivity index (χ0v) is 12.0. The summed E-state index contributed by atoms with van der Waals surface area (Å²) in [5.41, 5.74) is 1.39. The molecule has 1 fully saturated rings. The molecule has 0 N–H and O–H groups in total. The van der Waals surface area contributed by atoms with Gasteiger partial charge in [-0.05, 0) is 43.4 Å². The number of hydrogen-bond donors (Lipinski definition) is 0. The molecule has 1 aromatic carbocycles. The lowest BCUT2D eigenvalue weighted by Crippen LogP contribution is -2.39.